The summed E-state index contributed by atoms with van der Waals surface area (Å²) in [5.74, 6) is 1.64. The van der Waals surface area contributed by atoms with Crippen molar-refractivity contribution >= 4 is 18.1 Å². The molecule has 0 bridgehead atoms. The van der Waals surface area contributed by atoms with E-state index in [1.807, 2.05) is 37.8 Å². The van der Waals surface area contributed by atoms with Crippen LogP contribution >= 0.6 is 0 Å². The highest BCUT2D eigenvalue weighted by molar-refractivity contribution is 5.91. The molecule has 6 heteroatoms. The van der Waals surface area contributed by atoms with Crippen LogP contribution in [0.4, 0.5) is 4.79 Å². The zero-order chi connectivity index (χ0) is 18.7. The molecule has 1 saturated carbocycles. The third-order valence-corrected chi connectivity index (χ3v) is 4.91. The SMILES string of the molecule is CC(C)(C)OC(=O)N1CC2C(CCNC(=O)/C=C/c3cccnc3)C2C1. The Balaban J connectivity index is 1.33. The topological polar surface area (TPSA) is 71.5 Å². The van der Waals surface area contributed by atoms with Crippen molar-refractivity contribution in [3.63, 3.8) is 0 Å². The molecule has 3 rings (SSSR count). The van der Waals surface area contributed by atoms with Gasteiger partial charge in [-0.2, -0.15) is 0 Å². The molecule has 1 aliphatic carbocycles. The summed E-state index contributed by atoms with van der Waals surface area (Å²) in [5, 5.41) is 2.93. The van der Waals surface area contributed by atoms with E-state index in [4.69, 9.17) is 4.74 Å². The predicted molar refractivity (Wildman–Crippen MR) is 99.2 cm³/mol. The van der Waals surface area contributed by atoms with Gasteiger partial charge < -0.3 is 15.0 Å². The largest absolute Gasteiger partial charge is 0.444 e. The second-order valence-electron chi connectivity index (χ2n) is 8.08. The van der Waals surface area contributed by atoms with E-state index in [2.05, 4.69) is 10.3 Å². The first kappa shape index (κ1) is 18.4. The number of aromatic nitrogens is 1. The zero-order valence-corrected chi connectivity index (χ0v) is 15.6. The normalized spacial score (nSPS) is 24.4. The van der Waals surface area contributed by atoms with Crippen LogP contribution in [0, 0.1) is 17.8 Å². The Morgan fingerprint density at radius 1 is 1.35 bits per heavy atom. The number of likely N-dealkylation sites (tertiary alicyclic amines) is 1. The summed E-state index contributed by atoms with van der Waals surface area (Å²) in [7, 11) is 0. The molecular weight excluding hydrogens is 330 g/mol. The molecule has 0 spiro atoms. The lowest BCUT2D eigenvalue weighted by Gasteiger charge is -2.25. The van der Waals surface area contributed by atoms with Crippen LogP contribution in [0.3, 0.4) is 0 Å². The van der Waals surface area contributed by atoms with E-state index in [1.54, 1.807) is 18.5 Å². The molecule has 0 aromatic carbocycles. The number of nitrogens with zero attached hydrogens (tertiary/aromatic N) is 2. The second kappa shape index (κ2) is 7.48. The number of carbonyl (C=O) groups is 2. The van der Waals surface area contributed by atoms with Crippen molar-refractivity contribution in [3.8, 4) is 0 Å². The molecule has 2 amide bonds. The van der Waals surface area contributed by atoms with Crippen LogP contribution in [0.5, 0.6) is 0 Å². The van der Waals surface area contributed by atoms with Gasteiger partial charge in [0.05, 0.1) is 0 Å². The second-order valence-corrected chi connectivity index (χ2v) is 8.08. The van der Waals surface area contributed by atoms with Crippen molar-refractivity contribution in [2.45, 2.75) is 32.8 Å². The third-order valence-electron chi connectivity index (χ3n) is 4.91. The van der Waals surface area contributed by atoms with E-state index < -0.39 is 5.60 Å². The van der Waals surface area contributed by atoms with Gasteiger partial charge in [0.15, 0.2) is 0 Å². The molecule has 1 saturated heterocycles. The van der Waals surface area contributed by atoms with Crippen molar-refractivity contribution in [2.75, 3.05) is 19.6 Å². The summed E-state index contributed by atoms with van der Waals surface area (Å²) in [6, 6.07) is 3.74. The van der Waals surface area contributed by atoms with Crippen LogP contribution in [0.2, 0.25) is 0 Å². The molecule has 0 radical (unpaired) electrons. The molecule has 2 aliphatic rings. The number of ether oxygens (including phenoxy) is 1. The Kier molecular flexibility index (Phi) is 5.30. The van der Waals surface area contributed by atoms with E-state index in [0.717, 1.165) is 25.1 Å². The first-order chi connectivity index (χ1) is 12.3. The number of hydrogen-bond donors (Lipinski definition) is 1. The molecule has 1 aliphatic heterocycles. The van der Waals surface area contributed by atoms with E-state index in [-0.39, 0.29) is 12.0 Å². The number of carbonyl (C=O) groups excluding carboxylic acids is 2. The van der Waals surface area contributed by atoms with Crippen LogP contribution in [0.25, 0.3) is 6.08 Å². The molecular formula is C20H27N3O3. The Morgan fingerprint density at radius 2 is 2.08 bits per heavy atom. The molecule has 26 heavy (non-hydrogen) atoms. The van der Waals surface area contributed by atoms with Crippen molar-refractivity contribution in [2.24, 2.45) is 17.8 Å². The van der Waals surface area contributed by atoms with Gasteiger partial charge in [0.25, 0.3) is 0 Å². The quantitative estimate of drug-likeness (QED) is 0.823. The number of hydrogen-bond acceptors (Lipinski definition) is 4. The molecule has 1 N–H and O–H groups in total. The van der Waals surface area contributed by atoms with E-state index >= 15 is 0 Å². The van der Waals surface area contributed by atoms with Gasteiger partial charge in [-0.15, -0.1) is 0 Å². The minimum atomic E-state index is -0.448. The summed E-state index contributed by atoms with van der Waals surface area (Å²) in [4.78, 5) is 29.7. The van der Waals surface area contributed by atoms with Crippen LogP contribution in [0.15, 0.2) is 30.6 Å². The molecule has 2 unspecified atom stereocenters. The van der Waals surface area contributed by atoms with Crippen LogP contribution in [-0.4, -0.2) is 47.1 Å². The number of nitrogens with one attached hydrogen (secondary N) is 1. The van der Waals surface area contributed by atoms with Gasteiger partial charge >= 0.3 is 6.09 Å². The smallest absolute Gasteiger partial charge is 0.410 e. The number of pyridine rings is 1. The molecule has 2 atom stereocenters. The lowest BCUT2D eigenvalue weighted by Crippen LogP contribution is -2.37. The van der Waals surface area contributed by atoms with Crippen LogP contribution in [0.1, 0.15) is 32.8 Å². The average Bonchev–Trinajstić information content (AvgIpc) is 3.02. The Morgan fingerprint density at radius 3 is 2.69 bits per heavy atom. The summed E-state index contributed by atoms with van der Waals surface area (Å²) < 4.78 is 5.42. The molecule has 2 fully saturated rings. The maximum Gasteiger partial charge on any atom is 0.410 e. The number of piperidine rings is 1. The van der Waals surface area contributed by atoms with Gasteiger partial charge in [0.1, 0.15) is 5.60 Å². The molecule has 140 valence electrons. The average molecular weight is 357 g/mol. The fraction of sp³-hybridized carbons (Fsp3) is 0.550. The maximum absolute atomic E-state index is 12.1. The fourth-order valence-corrected chi connectivity index (χ4v) is 3.62. The van der Waals surface area contributed by atoms with Gasteiger partial charge in [-0.1, -0.05) is 6.07 Å². The molecule has 6 nitrogen and oxygen atoms in total. The molecule has 2 heterocycles. The highest BCUT2D eigenvalue weighted by atomic mass is 16.6. The molecule has 1 aromatic heterocycles. The highest BCUT2D eigenvalue weighted by Gasteiger charge is 2.56. The Bertz CT molecular complexity index is 669. The van der Waals surface area contributed by atoms with Crippen molar-refractivity contribution in [1.29, 1.82) is 0 Å². The first-order valence-electron chi connectivity index (χ1n) is 9.17. The maximum atomic E-state index is 12.1. The molecule has 1 aromatic rings. The van der Waals surface area contributed by atoms with Crippen molar-refractivity contribution < 1.29 is 14.3 Å². The fourth-order valence-electron chi connectivity index (χ4n) is 3.62. The van der Waals surface area contributed by atoms with Crippen molar-refractivity contribution in [1.82, 2.24) is 15.2 Å². The monoisotopic (exact) mass is 357 g/mol. The first-order valence-corrected chi connectivity index (χ1v) is 9.17. The van der Waals surface area contributed by atoms with Gasteiger partial charge in [-0.3, -0.25) is 9.78 Å². The third kappa shape index (κ3) is 4.84. The number of rotatable bonds is 5. The predicted octanol–water partition coefficient (Wildman–Crippen LogP) is 2.71. The summed E-state index contributed by atoms with van der Waals surface area (Å²) in [6.07, 6.45) is 7.46. The van der Waals surface area contributed by atoms with Crippen LogP contribution in [-0.2, 0) is 9.53 Å². The van der Waals surface area contributed by atoms with Gasteiger partial charge in [0.2, 0.25) is 5.91 Å². The van der Waals surface area contributed by atoms with E-state index in [1.165, 1.54) is 6.08 Å². The van der Waals surface area contributed by atoms with Crippen LogP contribution < -0.4 is 5.32 Å². The van der Waals surface area contributed by atoms with Gasteiger partial charge in [-0.05, 0) is 62.7 Å². The summed E-state index contributed by atoms with van der Waals surface area (Å²) in [6.45, 7) is 7.88. The standard InChI is InChI=1S/C20H27N3O3/c1-20(2,3)26-19(25)23-12-16-15(17(16)13-23)8-10-22-18(24)7-6-14-5-4-9-21-11-14/h4-7,9,11,15-17H,8,10,12-13H2,1-3H3,(H,22,24)/b7-6+. The van der Waals surface area contributed by atoms with E-state index in [0.29, 0.717) is 24.3 Å². The Hall–Kier alpha value is -2.37. The minimum Gasteiger partial charge on any atom is -0.444 e. The van der Waals surface area contributed by atoms with Gasteiger partial charge in [-0.25, -0.2) is 4.79 Å². The number of fused-ring (bicyclic) bond motifs is 1. The number of amides is 2. The lowest BCUT2D eigenvalue weighted by molar-refractivity contribution is -0.116. The van der Waals surface area contributed by atoms with Crippen molar-refractivity contribution in [3.05, 3.63) is 36.2 Å². The lowest BCUT2D eigenvalue weighted by atomic mass is 10.2. The minimum absolute atomic E-state index is 0.0879. The van der Waals surface area contributed by atoms with E-state index in [9.17, 15) is 9.59 Å². The summed E-state index contributed by atoms with van der Waals surface area (Å²) >= 11 is 0. The zero-order valence-electron chi connectivity index (χ0n) is 15.6. The summed E-state index contributed by atoms with van der Waals surface area (Å²) in [5.41, 5.74) is 0.457. The Labute approximate surface area is 154 Å². The highest BCUT2D eigenvalue weighted by Crippen LogP contribution is 2.53. The van der Waals surface area contributed by atoms with Gasteiger partial charge in [0, 0.05) is 38.1 Å².